The van der Waals surface area contributed by atoms with E-state index in [-0.39, 0.29) is 65.7 Å². The number of Topliss-reactive ketones (excluding diaryl/α,β-unsaturated/α-hetero) is 1. The molecule has 0 saturated heterocycles. The summed E-state index contributed by atoms with van der Waals surface area (Å²) in [7, 11) is 0. The van der Waals surface area contributed by atoms with Crippen molar-refractivity contribution in [3.8, 4) is 0 Å². The van der Waals surface area contributed by atoms with Gasteiger partial charge in [-0.15, -0.1) is 21.5 Å². The summed E-state index contributed by atoms with van der Waals surface area (Å²) < 4.78 is 28.1. The fraction of sp³-hybridized carbons (Fsp3) is 0.556. The largest absolute Gasteiger partial charge is 0.408 e. The lowest BCUT2D eigenvalue weighted by molar-refractivity contribution is -0.130. The van der Waals surface area contributed by atoms with Gasteiger partial charge in [0.1, 0.15) is 17.4 Å². The van der Waals surface area contributed by atoms with Crippen LogP contribution in [0.2, 0.25) is 4.55 Å². The first-order valence-corrected chi connectivity index (χ1v) is 17.6. The zero-order valence-electron chi connectivity index (χ0n) is 25.5. The molecule has 2 nitrogen and oxygen atoms in total. The van der Waals surface area contributed by atoms with Crippen molar-refractivity contribution in [2.24, 2.45) is 34.5 Å². The first kappa shape index (κ1) is 33.5. The maximum absolute atomic E-state index is 13.3. The first-order chi connectivity index (χ1) is 19.6. The second-order valence-electron chi connectivity index (χ2n) is 13.6. The van der Waals surface area contributed by atoms with E-state index in [2.05, 4.69) is 20.8 Å². The molecule has 4 aliphatic rings. The summed E-state index contributed by atoms with van der Waals surface area (Å²) in [6.07, 6.45) is 11.8. The van der Waals surface area contributed by atoms with E-state index in [9.17, 15) is 18.4 Å². The van der Waals surface area contributed by atoms with Gasteiger partial charge in [0.25, 0.3) is 0 Å². The monoisotopic (exact) mass is 650 g/mol. The average Bonchev–Trinajstić information content (AvgIpc) is 3.32. The lowest BCUT2D eigenvalue weighted by Crippen LogP contribution is -2.51. The van der Waals surface area contributed by atoms with E-state index in [1.807, 2.05) is 18.2 Å². The minimum Gasteiger partial charge on any atom is -0.299 e. The van der Waals surface area contributed by atoms with E-state index in [1.54, 1.807) is 12.1 Å². The van der Waals surface area contributed by atoms with Crippen molar-refractivity contribution >= 4 is 52.6 Å². The minimum atomic E-state index is -0.223. The van der Waals surface area contributed by atoms with Crippen LogP contribution in [-0.4, -0.2) is 31.9 Å². The number of hydrogen-bond donors (Lipinski definition) is 0. The summed E-state index contributed by atoms with van der Waals surface area (Å²) in [4.78, 5) is 25.3. The number of hydrogen-bond acceptors (Lipinski definition) is 2. The molecule has 6 atom stereocenters. The molecule has 0 unspecified atom stereocenters. The third kappa shape index (κ3) is 6.96. The molecule has 0 spiro atoms. The van der Waals surface area contributed by atoms with Gasteiger partial charge in [-0.2, -0.15) is 3.69 Å². The van der Waals surface area contributed by atoms with E-state index in [0.717, 1.165) is 31.2 Å². The van der Waals surface area contributed by atoms with Crippen molar-refractivity contribution in [2.45, 2.75) is 89.5 Å². The highest BCUT2D eigenvalue weighted by atomic mass is 79.9. The van der Waals surface area contributed by atoms with Crippen LogP contribution in [0.1, 0.15) is 84.1 Å². The molecule has 6 heteroatoms. The molecule has 0 radical (unpaired) electrons. The van der Waals surface area contributed by atoms with Gasteiger partial charge in [0.05, 0.1) is 0 Å². The lowest BCUT2D eigenvalue weighted by atomic mass is 9.46. The number of allylic oxidation sites excluding steroid dienone is 1. The molecule has 0 bridgehead atoms. The van der Waals surface area contributed by atoms with Gasteiger partial charge in [-0.05, 0) is 116 Å². The highest BCUT2D eigenvalue weighted by Gasteiger charge is 2.59. The zero-order chi connectivity index (χ0) is 29.2. The molecule has 0 aliphatic heterocycles. The van der Waals surface area contributed by atoms with Gasteiger partial charge in [-0.3, -0.25) is 9.59 Å². The second kappa shape index (κ2) is 14.2. The molecule has 224 valence electrons. The number of carbonyl (C=O) groups is 2. The van der Waals surface area contributed by atoms with Gasteiger partial charge >= 0.3 is 20.4 Å². The molecule has 0 heterocycles. The smallest absolute Gasteiger partial charge is 0.299 e. The third-order valence-electron chi connectivity index (χ3n) is 11.4. The number of fused-ring (bicyclic) bond motifs is 5. The van der Waals surface area contributed by atoms with Crippen LogP contribution in [0.3, 0.4) is 0 Å². The van der Waals surface area contributed by atoms with Gasteiger partial charge in [0, 0.05) is 18.8 Å². The van der Waals surface area contributed by atoms with Crippen LogP contribution < -0.4 is 3.69 Å². The van der Waals surface area contributed by atoms with Crippen LogP contribution >= 0.6 is 17.0 Å². The number of rotatable bonds is 6. The summed E-state index contributed by atoms with van der Waals surface area (Å²) in [5.41, 5.74) is 2.79. The molecule has 4 aliphatic carbocycles. The van der Waals surface area contributed by atoms with Crippen molar-refractivity contribution in [1.82, 2.24) is 0 Å². The third-order valence-corrected chi connectivity index (χ3v) is 12.9. The van der Waals surface area contributed by atoms with Crippen molar-refractivity contribution in [3.63, 3.8) is 0 Å². The van der Waals surface area contributed by atoms with E-state index >= 15 is 0 Å². The van der Waals surface area contributed by atoms with E-state index < -0.39 is 0 Å². The highest BCUT2D eigenvalue weighted by molar-refractivity contribution is 8.93. The van der Waals surface area contributed by atoms with Crippen LogP contribution in [0.15, 0.2) is 60.2 Å². The van der Waals surface area contributed by atoms with E-state index in [0.29, 0.717) is 48.6 Å². The number of ketones is 2. The predicted octanol–water partition coefficient (Wildman–Crippen LogP) is 8.65. The van der Waals surface area contributed by atoms with E-state index in [1.165, 1.54) is 57.3 Å². The molecule has 6 rings (SSSR count). The van der Waals surface area contributed by atoms with Gasteiger partial charge < -0.3 is 0 Å². The highest BCUT2D eigenvalue weighted by Crippen LogP contribution is 2.66. The summed E-state index contributed by atoms with van der Waals surface area (Å²) in [5.74, 6) is 2.57. The Kier molecular flexibility index (Phi) is 11.3. The molecule has 0 aromatic heterocycles. The Hall–Kier alpha value is -1.37. The van der Waals surface area contributed by atoms with Gasteiger partial charge in [-0.1, -0.05) is 50.6 Å². The van der Waals surface area contributed by atoms with Crippen molar-refractivity contribution in [3.05, 3.63) is 77.4 Å². The fourth-order valence-corrected chi connectivity index (χ4v) is 10.3. The maximum atomic E-state index is 13.3. The number of benzene rings is 2. The van der Waals surface area contributed by atoms with Crippen LogP contribution in [-0.2, 0) is 16.0 Å². The van der Waals surface area contributed by atoms with Crippen LogP contribution in [0.4, 0.5) is 8.78 Å². The molecule has 0 amide bonds. The van der Waals surface area contributed by atoms with Crippen LogP contribution in [0.5, 0.6) is 0 Å². The Balaban J connectivity index is 0.000000314. The average molecular weight is 652 g/mol. The Morgan fingerprint density at radius 1 is 0.881 bits per heavy atom. The Labute approximate surface area is 271 Å². The van der Waals surface area contributed by atoms with Crippen molar-refractivity contribution in [1.29, 1.82) is 0 Å². The predicted molar refractivity (Wildman–Crippen MR) is 173 cm³/mol. The fourth-order valence-electron chi connectivity index (χ4n) is 9.12. The van der Waals surface area contributed by atoms with Gasteiger partial charge in [-0.25, -0.2) is 8.78 Å². The summed E-state index contributed by atoms with van der Waals surface area (Å²) in [6.45, 7) is 7.00. The van der Waals surface area contributed by atoms with Gasteiger partial charge in [0.15, 0.2) is 5.78 Å². The Bertz CT molecular complexity index is 1280. The molecule has 2 aromatic carbocycles. The Morgan fingerprint density at radius 3 is 2.21 bits per heavy atom. The number of carbonyl (C=O) groups excluding carboxylic acids is 2. The molecular formula is C36H45BrF2MgO2. The summed E-state index contributed by atoms with van der Waals surface area (Å²) in [5, 5.41) is 0. The number of halogens is 3. The van der Waals surface area contributed by atoms with Gasteiger partial charge in [0.2, 0.25) is 0 Å². The number of aryl methyl sites for hydroxylation is 1. The molecular weight excluding hydrogens is 607 g/mol. The van der Waals surface area contributed by atoms with Crippen molar-refractivity contribution < 1.29 is 18.4 Å². The minimum absolute atomic E-state index is 0. The van der Waals surface area contributed by atoms with Crippen molar-refractivity contribution in [2.75, 3.05) is 0 Å². The maximum Gasteiger partial charge on any atom is 0.408 e. The Morgan fingerprint density at radius 2 is 1.55 bits per heavy atom. The van der Waals surface area contributed by atoms with E-state index in [4.69, 9.17) is 0 Å². The summed E-state index contributed by atoms with van der Waals surface area (Å²) >= 11 is -0.0837. The van der Waals surface area contributed by atoms with Crippen LogP contribution in [0, 0.1) is 46.1 Å². The zero-order valence-corrected chi connectivity index (χ0v) is 28.6. The summed E-state index contributed by atoms with van der Waals surface area (Å²) in [6, 6.07) is 13.4. The lowest BCUT2D eigenvalue weighted by Gasteiger charge is -2.58. The molecule has 42 heavy (non-hydrogen) atoms. The molecule has 3 saturated carbocycles. The normalized spacial score (nSPS) is 31.2. The molecule has 3 fully saturated rings. The quantitative estimate of drug-likeness (QED) is 0.293. The molecule has 0 N–H and O–H groups in total. The second-order valence-corrected chi connectivity index (χ2v) is 15.9. The van der Waals surface area contributed by atoms with Crippen LogP contribution in [0.25, 0.3) is 0 Å². The topological polar surface area (TPSA) is 34.1 Å². The SMILES string of the molecule is Br.C[C@]12CC[C@H]3[C@@H](CCC4=CC(=O)CC[C@@]43C)[C@@H]1CC[C@@H]2C(=O)CCc1ccc(F)cc1.C[CH2][Mg][c]1ccc(F)cc1. The molecule has 2 aromatic rings. The standard InChI is InChI=1S/C28H35FO2.C6H4F.C2H5.BrH.Mg/c1-27-15-13-21(30)17-19(27)6-9-22-23-10-11-25(28(23,2)16-14-24(22)27)26(31)12-5-18-3-7-20(29)8-4-18;7-6-4-2-1-3-5-6;1-2;;/h3-4,7-8,17,22-25H,5-6,9-16H2,1-2H3;2-5H;1H2,2H3;1H;/t22-,23-,24-,25+,27-,28-;;;;/m0..../s1. The first-order valence-electron chi connectivity index (χ1n) is 15.9.